The van der Waals surface area contributed by atoms with Gasteiger partial charge in [-0.1, -0.05) is 0 Å². The average Bonchev–Trinajstić information content (AvgIpc) is 2.18. The third-order valence-electron chi connectivity index (χ3n) is 1.86. The summed E-state index contributed by atoms with van der Waals surface area (Å²) in [6.45, 7) is 1.65. The second-order valence-corrected chi connectivity index (χ2v) is 4.94. The molecule has 0 spiro atoms. The maximum atomic E-state index is 11.7. The van der Waals surface area contributed by atoms with Gasteiger partial charge in [-0.2, -0.15) is 0 Å². The Morgan fingerprint density at radius 2 is 2.33 bits per heavy atom. The van der Waals surface area contributed by atoms with Gasteiger partial charge < -0.3 is 5.11 Å². The first-order chi connectivity index (χ1) is 7.06. The van der Waals surface area contributed by atoms with Crippen molar-refractivity contribution in [1.82, 2.24) is 9.71 Å². The fourth-order valence-electron chi connectivity index (χ4n) is 1.09. The number of pyridine rings is 1. The molecular formula is C9H14N2O3S. The van der Waals surface area contributed by atoms with Crippen LogP contribution in [0.2, 0.25) is 0 Å². The van der Waals surface area contributed by atoms with E-state index in [0.717, 1.165) is 0 Å². The quantitative estimate of drug-likeness (QED) is 0.753. The van der Waals surface area contributed by atoms with E-state index >= 15 is 0 Å². The van der Waals surface area contributed by atoms with E-state index in [9.17, 15) is 8.42 Å². The van der Waals surface area contributed by atoms with E-state index in [-0.39, 0.29) is 17.5 Å². The highest BCUT2D eigenvalue weighted by Crippen LogP contribution is 2.06. The summed E-state index contributed by atoms with van der Waals surface area (Å²) in [5.41, 5.74) is 0. The van der Waals surface area contributed by atoms with Gasteiger partial charge in [-0.3, -0.25) is 4.98 Å². The van der Waals surface area contributed by atoms with Crippen molar-refractivity contribution in [3.63, 3.8) is 0 Å². The van der Waals surface area contributed by atoms with Crippen molar-refractivity contribution in [1.29, 1.82) is 0 Å². The predicted octanol–water partition coefficient (Wildman–Crippen LogP) is 0.131. The second-order valence-electron chi connectivity index (χ2n) is 3.22. The van der Waals surface area contributed by atoms with Crippen molar-refractivity contribution in [3.8, 4) is 0 Å². The van der Waals surface area contributed by atoms with Crippen molar-refractivity contribution < 1.29 is 13.5 Å². The Labute approximate surface area is 89.2 Å². The number of nitrogens with zero attached hydrogens (tertiary/aromatic N) is 1. The van der Waals surface area contributed by atoms with Crippen molar-refractivity contribution in [2.24, 2.45) is 0 Å². The SMILES string of the molecule is CC(CCO)NS(=O)(=O)c1cccnc1. The van der Waals surface area contributed by atoms with Gasteiger partial charge in [-0.05, 0) is 25.5 Å². The normalized spacial score (nSPS) is 13.7. The molecule has 6 heteroatoms. The monoisotopic (exact) mass is 230 g/mol. The van der Waals surface area contributed by atoms with E-state index in [1.807, 2.05) is 0 Å². The van der Waals surface area contributed by atoms with Crippen molar-refractivity contribution in [3.05, 3.63) is 24.5 Å². The summed E-state index contributed by atoms with van der Waals surface area (Å²) < 4.78 is 25.8. The van der Waals surface area contributed by atoms with Crippen LogP contribution >= 0.6 is 0 Å². The lowest BCUT2D eigenvalue weighted by Crippen LogP contribution is -2.33. The van der Waals surface area contributed by atoms with Crippen LogP contribution in [0.15, 0.2) is 29.4 Å². The van der Waals surface area contributed by atoms with Crippen LogP contribution in [0.3, 0.4) is 0 Å². The Bertz CT molecular complexity index is 391. The number of aliphatic hydroxyl groups is 1. The Morgan fingerprint density at radius 3 is 2.87 bits per heavy atom. The first kappa shape index (κ1) is 12.1. The molecule has 0 fully saturated rings. The molecule has 0 radical (unpaired) electrons. The smallest absolute Gasteiger partial charge is 0.242 e. The zero-order chi connectivity index (χ0) is 11.3. The minimum absolute atomic E-state index is 0.0449. The molecule has 15 heavy (non-hydrogen) atoms. The van der Waals surface area contributed by atoms with Gasteiger partial charge in [0.05, 0.1) is 0 Å². The molecule has 0 aliphatic carbocycles. The zero-order valence-electron chi connectivity index (χ0n) is 8.42. The summed E-state index contributed by atoms with van der Waals surface area (Å²) in [5, 5.41) is 8.66. The van der Waals surface area contributed by atoms with Gasteiger partial charge in [-0.25, -0.2) is 13.1 Å². The highest BCUT2D eigenvalue weighted by atomic mass is 32.2. The zero-order valence-corrected chi connectivity index (χ0v) is 9.24. The molecule has 0 aromatic carbocycles. The summed E-state index contributed by atoms with van der Waals surface area (Å²) in [5.74, 6) is 0. The highest BCUT2D eigenvalue weighted by molar-refractivity contribution is 7.89. The molecule has 1 aromatic heterocycles. The third-order valence-corrected chi connectivity index (χ3v) is 3.44. The number of sulfonamides is 1. The standard InChI is InChI=1S/C9H14N2O3S/c1-8(4-6-12)11-15(13,14)9-3-2-5-10-7-9/h2-3,5,7-8,11-12H,4,6H2,1H3. The number of hydrogen-bond acceptors (Lipinski definition) is 4. The summed E-state index contributed by atoms with van der Waals surface area (Å²) in [7, 11) is -3.51. The van der Waals surface area contributed by atoms with Crippen LogP contribution in [0.25, 0.3) is 0 Å². The highest BCUT2D eigenvalue weighted by Gasteiger charge is 2.16. The number of aromatic nitrogens is 1. The molecular weight excluding hydrogens is 216 g/mol. The lowest BCUT2D eigenvalue weighted by molar-refractivity contribution is 0.275. The largest absolute Gasteiger partial charge is 0.396 e. The minimum Gasteiger partial charge on any atom is -0.396 e. The molecule has 1 aromatic rings. The predicted molar refractivity (Wildman–Crippen MR) is 55.7 cm³/mol. The fourth-order valence-corrected chi connectivity index (χ4v) is 2.33. The van der Waals surface area contributed by atoms with Gasteiger partial charge in [0.1, 0.15) is 4.90 Å². The number of nitrogens with one attached hydrogen (secondary N) is 1. The maximum absolute atomic E-state index is 11.7. The molecule has 1 rings (SSSR count). The molecule has 1 unspecified atom stereocenters. The van der Waals surface area contributed by atoms with Crippen LogP contribution in [0.5, 0.6) is 0 Å². The first-order valence-electron chi connectivity index (χ1n) is 4.59. The summed E-state index contributed by atoms with van der Waals surface area (Å²) >= 11 is 0. The van der Waals surface area contributed by atoms with Crippen LogP contribution < -0.4 is 4.72 Å². The Kier molecular flexibility index (Phi) is 4.19. The van der Waals surface area contributed by atoms with Gasteiger partial charge in [-0.15, -0.1) is 0 Å². The van der Waals surface area contributed by atoms with Crippen LogP contribution in [0, 0.1) is 0 Å². The molecule has 2 N–H and O–H groups in total. The molecule has 84 valence electrons. The van der Waals surface area contributed by atoms with Crippen LogP contribution in [0.1, 0.15) is 13.3 Å². The topological polar surface area (TPSA) is 79.3 Å². The number of hydrogen-bond donors (Lipinski definition) is 2. The molecule has 5 nitrogen and oxygen atoms in total. The molecule has 0 aliphatic heterocycles. The van der Waals surface area contributed by atoms with E-state index in [1.165, 1.54) is 18.5 Å². The maximum Gasteiger partial charge on any atom is 0.242 e. The summed E-state index contributed by atoms with van der Waals surface area (Å²) in [6, 6.07) is 2.74. The van der Waals surface area contributed by atoms with Crippen LogP contribution in [-0.4, -0.2) is 31.2 Å². The van der Waals surface area contributed by atoms with Gasteiger partial charge in [0.25, 0.3) is 0 Å². The molecule has 0 bridgehead atoms. The first-order valence-corrected chi connectivity index (χ1v) is 6.08. The third kappa shape index (κ3) is 3.58. The van der Waals surface area contributed by atoms with E-state index in [0.29, 0.717) is 6.42 Å². The second kappa shape index (κ2) is 5.20. The molecule has 0 saturated carbocycles. The summed E-state index contributed by atoms with van der Waals surface area (Å²) in [6.07, 6.45) is 3.18. The lowest BCUT2D eigenvalue weighted by atomic mass is 10.3. The Morgan fingerprint density at radius 1 is 1.60 bits per heavy atom. The van der Waals surface area contributed by atoms with Crippen molar-refractivity contribution in [2.75, 3.05) is 6.61 Å². The molecule has 0 amide bonds. The average molecular weight is 230 g/mol. The van der Waals surface area contributed by atoms with Gasteiger partial charge in [0.2, 0.25) is 10.0 Å². The molecule has 0 aliphatic rings. The van der Waals surface area contributed by atoms with Crippen LogP contribution in [0.4, 0.5) is 0 Å². The molecule has 1 heterocycles. The van der Waals surface area contributed by atoms with Crippen LogP contribution in [-0.2, 0) is 10.0 Å². The van der Waals surface area contributed by atoms with Crippen molar-refractivity contribution in [2.45, 2.75) is 24.3 Å². The van der Waals surface area contributed by atoms with Gasteiger partial charge in [0.15, 0.2) is 0 Å². The lowest BCUT2D eigenvalue weighted by Gasteiger charge is -2.12. The van der Waals surface area contributed by atoms with Gasteiger partial charge >= 0.3 is 0 Å². The van der Waals surface area contributed by atoms with E-state index in [4.69, 9.17) is 5.11 Å². The van der Waals surface area contributed by atoms with E-state index in [2.05, 4.69) is 9.71 Å². The summed E-state index contributed by atoms with van der Waals surface area (Å²) in [4.78, 5) is 3.87. The Balaban J connectivity index is 2.77. The number of aliphatic hydroxyl groups excluding tert-OH is 1. The Hall–Kier alpha value is -0.980. The minimum atomic E-state index is -3.51. The number of rotatable bonds is 5. The molecule has 0 saturated heterocycles. The van der Waals surface area contributed by atoms with E-state index < -0.39 is 10.0 Å². The van der Waals surface area contributed by atoms with Crippen molar-refractivity contribution >= 4 is 10.0 Å². The fraction of sp³-hybridized carbons (Fsp3) is 0.444. The van der Waals surface area contributed by atoms with Gasteiger partial charge in [0, 0.05) is 25.0 Å². The van der Waals surface area contributed by atoms with E-state index in [1.54, 1.807) is 13.0 Å². The molecule has 1 atom stereocenters.